The predicted molar refractivity (Wildman–Crippen MR) is 92.0 cm³/mol. The summed E-state index contributed by atoms with van der Waals surface area (Å²) in [5.74, 6) is -0.419. The molecule has 1 aromatic rings. The zero-order valence-electron chi connectivity index (χ0n) is 15.1. The summed E-state index contributed by atoms with van der Waals surface area (Å²) < 4.78 is 47.2. The van der Waals surface area contributed by atoms with Gasteiger partial charge in [0.05, 0.1) is 19.3 Å². The van der Waals surface area contributed by atoms with Gasteiger partial charge in [-0.25, -0.2) is 0 Å². The van der Waals surface area contributed by atoms with Crippen LogP contribution >= 0.6 is 0 Å². The molecule has 0 radical (unpaired) electrons. The molecular formula is C16H22F3N5O3. The molecule has 1 fully saturated rings. The highest BCUT2D eigenvalue weighted by molar-refractivity contribution is 5.80. The number of carbonyl (C=O) groups excluding carboxylic acids is 1. The van der Waals surface area contributed by atoms with Gasteiger partial charge >= 0.3 is 6.18 Å². The number of halogens is 3. The van der Waals surface area contributed by atoms with Crippen molar-refractivity contribution in [2.45, 2.75) is 38.1 Å². The minimum atomic E-state index is -4.54. The molecular weight excluding hydrogens is 367 g/mol. The van der Waals surface area contributed by atoms with Crippen LogP contribution < -0.4 is 20.7 Å². The smallest absolute Gasteiger partial charge is 0.377 e. The van der Waals surface area contributed by atoms with E-state index in [2.05, 4.69) is 10.3 Å². The number of hydrogen-bond donors (Lipinski definition) is 1. The maximum atomic E-state index is 13.5. The van der Waals surface area contributed by atoms with Crippen molar-refractivity contribution in [2.75, 3.05) is 43.2 Å². The van der Waals surface area contributed by atoms with Crippen LogP contribution in [0.15, 0.2) is 10.9 Å². The first kappa shape index (κ1) is 19.5. The van der Waals surface area contributed by atoms with Crippen molar-refractivity contribution in [3.05, 3.63) is 16.4 Å². The molecule has 1 saturated heterocycles. The molecule has 1 amide bonds. The average Bonchev–Trinajstić information content (AvgIpc) is 2.61. The molecule has 0 spiro atoms. The molecule has 2 atom stereocenters. The molecule has 3 heterocycles. The Kier molecular flexibility index (Phi) is 5.31. The number of alkyl halides is 3. The maximum absolute atomic E-state index is 13.5. The van der Waals surface area contributed by atoms with Crippen molar-refractivity contribution >= 4 is 17.7 Å². The number of nitrogens with one attached hydrogen (secondary N) is 1. The van der Waals surface area contributed by atoms with Crippen molar-refractivity contribution in [1.82, 2.24) is 14.9 Å². The second kappa shape index (κ2) is 7.37. The van der Waals surface area contributed by atoms with Gasteiger partial charge in [-0.2, -0.15) is 18.2 Å². The van der Waals surface area contributed by atoms with Crippen LogP contribution in [0.2, 0.25) is 0 Å². The minimum absolute atomic E-state index is 0.0666. The van der Waals surface area contributed by atoms with E-state index >= 15 is 0 Å². The quantitative estimate of drug-likeness (QED) is 0.804. The Balaban J connectivity index is 2.06. The summed E-state index contributed by atoms with van der Waals surface area (Å²) in [6, 6.07) is -0.612. The summed E-state index contributed by atoms with van der Waals surface area (Å²) in [4.78, 5) is 31.4. The third kappa shape index (κ3) is 3.87. The molecule has 11 heteroatoms. The van der Waals surface area contributed by atoms with Gasteiger partial charge in [0.1, 0.15) is 18.4 Å². The van der Waals surface area contributed by atoms with E-state index in [1.54, 1.807) is 0 Å². The molecule has 150 valence electrons. The monoisotopic (exact) mass is 389 g/mol. The largest absolute Gasteiger partial charge is 0.408 e. The molecule has 1 aromatic heterocycles. The Labute approximate surface area is 153 Å². The fourth-order valence-electron chi connectivity index (χ4n) is 3.43. The van der Waals surface area contributed by atoms with Gasteiger partial charge in [0, 0.05) is 26.2 Å². The lowest BCUT2D eigenvalue weighted by molar-refractivity contribution is -0.153. The molecule has 2 aliphatic rings. The number of rotatable bonds is 3. The number of carbonyl (C=O) groups is 1. The van der Waals surface area contributed by atoms with Gasteiger partial charge in [-0.1, -0.05) is 0 Å². The highest BCUT2D eigenvalue weighted by Crippen LogP contribution is 2.34. The number of nitrogens with zero attached hydrogens (tertiary/aromatic N) is 4. The van der Waals surface area contributed by atoms with E-state index in [1.165, 1.54) is 17.7 Å². The van der Waals surface area contributed by atoms with Crippen LogP contribution in [0.4, 0.5) is 24.9 Å². The molecule has 0 aromatic carbocycles. The van der Waals surface area contributed by atoms with Crippen molar-refractivity contribution < 1.29 is 22.7 Å². The molecule has 3 rings (SSSR count). The zero-order chi connectivity index (χ0) is 19.8. The lowest BCUT2D eigenvalue weighted by atomic mass is 10.1. The zero-order valence-corrected chi connectivity index (χ0v) is 15.1. The number of morpholine rings is 1. The molecule has 2 aliphatic heterocycles. The molecule has 0 bridgehead atoms. The van der Waals surface area contributed by atoms with E-state index in [0.29, 0.717) is 25.6 Å². The Morgan fingerprint density at radius 3 is 2.78 bits per heavy atom. The number of amides is 1. The molecule has 8 nitrogen and oxygen atoms in total. The third-order valence-electron chi connectivity index (χ3n) is 4.87. The molecule has 27 heavy (non-hydrogen) atoms. The van der Waals surface area contributed by atoms with Crippen LogP contribution in [0.25, 0.3) is 0 Å². The molecule has 0 saturated carbocycles. The van der Waals surface area contributed by atoms with E-state index < -0.39 is 30.2 Å². The second-order valence-electron chi connectivity index (χ2n) is 6.67. The van der Waals surface area contributed by atoms with Crippen molar-refractivity contribution in [1.29, 1.82) is 0 Å². The fourth-order valence-corrected chi connectivity index (χ4v) is 3.43. The number of hydrogen-bond acceptors (Lipinski definition) is 6. The predicted octanol–water partition coefficient (Wildman–Crippen LogP) is 0.355. The number of fused-ring (bicyclic) bond motifs is 1. The first-order chi connectivity index (χ1) is 12.7. The van der Waals surface area contributed by atoms with Gasteiger partial charge in [-0.3, -0.25) is 14.2 Å². The number of anilines is 2. The first-order valence-corrected chi connectivity index (χ1v) is 8.72. The summed E-state index contributed by atoms with van der Waals surface area (Å²) in [6.45, 7) is 2.61. The number of likely N-dealkylation sites (N-methyl/N-ethyl adjacent to an activating group) is 1. The summed E-state index contributed by atoms with van der Waals surface area (Å²) in [7, 11) is 1.35. The van der Waals surface area contributed by atoms with Gasteiger partial charge in [0.15, 0.2) is 0 Å². The van der Waals surface area contributed by atoms with Crippen LogP contribution in [0, 0.1) is 0 Å². The Morgan fingerprint density at radius 1 is 1.41 bits per heavy atom. The van der Waals surface area contributed by atoms with Crippen LogP contribution in [-0.2, 0) is 16.1 Å². The van der Waals surface area contributed by atoms with E-state index in [4.69, 9.17) is 4.74 Å². The summed E-state index contributed by atoms with van der Waals surface area (Å²) in [6.07, 6.45) is -4.86. The number of aromatic nitrogens is 2. The Morgan fingerprint density at radius 2 is 2.15 bits per heavy atom. The summed E-state index contributed by atoms with van der Waals surface area (Å²) >= 11 is 0. The Hall–Kier alpha value is -2.30. The van der Waals surface area contributed by atoms with Gasteiger partial charge in [-0.15, -0.1) is 0 Å². The van der Waals surface area contributed by atoms with Gasteiger partial charge in [-0.05, 0) is 13.3 Å². The minimum Gasteiger partial charge on any atom is -0.377 e. The van der Waals surface area contributed by atoms with Gasteiger partial charge < -0.3 is 19.9 Å². The topological polar surface area (TPSA) is 79.7 Å². The van der Waals surface area contributed by atoms with E-state index in [0.717, 1.165) is 4.90 Å². The second-order valence-corrected chi connectivity index (χ2v) is 6.67. The summed E-state index contributed by atoms with van der Waals surface area (Å²) in [5.41, 5.74) is -0.434. The average molecular weight is 389 g/mol. The SMILES string of the molecule is CNC(=O)CN1c2nc(N3CCOC[C@H]3C)cc(=O)n2CC[C@H]1C(F)(F)F. The van der Waals surface area contributed by atoms with Crippen LogP contribution in [0.5, 0.6) is 0 Å². The molecule has 0 unspecified atom stereocenters. The summed E-state index contributed by atoms with van der Waals surface area (Å²) in [5, 5.41) is 2.32. The highest BCUT2D eigenvalue weighted by atomic mass is 19.4. The van der Waals surface area contributed by atoms with Crippen molar-refractivity contribution in [3.8, 4) is 0 Å². The fraction of sp³-hybridized carbons (Fsp3) is 0.688. The van der Waals surface area contributed by atoms with Crippen molar-refractivity contribution in [2.24, 2.45) is 0 Å². The van der Waals surface area contributed by atoms with E-state index in [1.807, 2.05) is 11.8 Å². The van der Waals surface area contributed by atoms with Crippen LogP contribution in [0.3, 0.4) is 0 Å². The lowest BCUT2D eigenvalue weighted by Crippen LogP contribution is -2.55. The molecule has 1 N–H and O–H groups in total. The first-order valence-electron chi connectivity index (χ1n) is 8.72. The third-order valence-corrected chi connectivity index (χ3v) is 4.87. The normalized spacial score (nSPS) is 23.1. The Bertz CT molecular complexity index is 767. The number of ether oxygens (including phenoxy) is 1. The van der Waals surface area contributed by atoms with E-state index in [-0.39, 0.29) is 25.0 Å². The van der Waals surface area contributed by atoms with Crippen LogP contribution in [-0.4, -0.2) is 67.1 Å². The van der Waals surface area contributed by atoms with E-state index in [9.17, 15) is 22.8 Å². The van der Waals surface area contributed by atoms with Gasteiger partial charge in [0.25, 0.3) is 5.56 Å². The van der Waals surface area contributed by atoms with Crippen LogP contribution in [0.1, 0.15) is 13.3 Å². The van der Waals surface area contributed by atoms with Crippen molar-refractivity contribution in [3.63, 3.8) is 0 Å². The van der Waals surface area contributed by atoms with Gasteiger partial charge in [0.2, 0.25) is 11.9 Å². The maximum Gasteiger partial charge on any atom is 0.408 e. The highest BCUT2D eigenvalue weighted by Gasteiger charge is 2.47. The lowest BCUT2D eigenvalue weighted by Gasteiger charge is -2.40. The standard InChI is InChI=1S/C16H22F3N5O3/c1-10-9-27-6-5-22(10)12-7-14(26)23-4-3-11(16(17,18)19)24(15(23)21-12)8-13(25)20-2/h7,10-11H,3-6,8-9H2,1-2H3,(H,20,25)/t10-,11+/m1/s1. The molecule has 0 aliphatic carbocycles.